The summed E-state index contributed by atoms with van der Waals surface area (Å²) in [6, 6.07) is 17.9. The molecule has 0 aliphatic carbocycles. The Morgan fingerprint density at radius 3 is 2.45 bits per heavy atom. The van der Waals surface area contributed by atoms with Gasteiger partial charge in [0.25, 0.3) is 15.6 Å². The van der Waals surface area contributed by atoms with Crippen LogP contribution in [0.15, 0.2) is 82.6 Å². The smallest absolute Gasteiger partial charge is 0.264 e. The lowest BCUT2D eigenvalue weighted by molar-refractivity contribution is -0.116. The molecule has 1 N–H and O–H groups in total. The van der Waals surface area contributed by atoms with E-state index in [1.807, 2.05) is 0 Å². The fourth-order valence-electron chi connectivity index (χ4n) is 2.76. The molecule has 2 aromatic carbocycles. The molecular weight excluding hydrogens is 390 g/mol. The highest BCUT2D eigenvalue weighted by Gasteiger charge is 2.21. The Kier molecular flexibility index (Phi) is 5.84. The first-order chi connectivity index (χ1) is 13.8. The molecule has 0 saturated carbocycles. The van der Waals surface area contributed by atoms with Crippen LogP contribution in [0.1, 0.15) is 5.56 Å². The minimum absolute atomic E-state index is 0.0501. The Morgan fingerprint density at radius 1 is 1.03 bits per heavy atom. The molecule has 0 fully saturated rings. The summed E-state index contributed by atoms with van der Waals surface area (Å²) in [7, 11) is -2.32. The quantitative estimate of drug-likeness (QED) is 0.675. The first-order valence-corrected chi connectivity index (χ1v) is 10.3. The fourth-order valence-corrected chi connectivity index (χ4v) is 4.00. The molecule has 0 bridgehead atoms. The van der Waals surface area contributed by atoms with Crippen molar-refractivity contribution >= 4 is 27.3 Å². The van der Waals surface area contributed by atoms with Gasteiger partial charge in [0, 0.05) is 25.0 Å². The number of anilines is 2. The third kappa shape index (κ3) is 4.72. The van der Waals surface area contributed by atoms with Gasteiger partial charge in [-0.1, -0.05) is 24.3 Å². The summed E-state index contributed by atoms with van der Waals surface area (Å²) in [4.78, 5) is 24.3. The molecule has 7 nitrogen and oxygen atoms in total. The highest BCUT2D eigenvalue weighted by molar-refractivity contribution is 7.92. The first kappa shape index (κ1) is 20.3. The van der Waals surface area contributed by atoms with Crippen molar-refractivity contribution in [2.75, 3.05) is 16.7 Å². The zero-order chi connectivity index (χ0) is 21.0. The fraction of sp³-hybridized carbons (Fsp3) is 0.143. The Hall–Kier alpha value is -3.39. The van der Waals surface area contributed by atoms with Gasteiger partial charge >= 0.3 is 0 Å². The van der Waals surface area contributed by atoms with Gasteiger partial charge in [0.05, 0.1) is 10.6 Å². The van der Waals surface area contributed by atoms with Crippen molar-refractivity contribution in [1.29, 1.82) is 0 Å². The molecule has 8 heteroatoms. The molecule has 1 amide bonds. The van der Waals surface area contributed by atoms with E-state index in [-0.39, 0.29) is 17.0 Å². The average Bonchev–Trinajstić information content (AvgIpc) is 2.70. The monoisotopic (exact) mass is 411 g/mol. The zero-order valence-corrected chi connectivity index (χ0v) is 16.9. The van der Waals surface area contributed by atoms with Gasteiger partial charge in [0.15, 0.2) is 0 Å². The van der Waals surface area contributed by atoms with Crippen LogP contribution in [0, 0.1) is 6.92 Å². The third-order valence-electron chi connectivity index (χ3n) is 4.36. The average molecular weight is 411 g/mol. The van der Waals surface area contributed by atoms with Gasteiger partial charge in [-0.25, -0.2) is 8.42 Å². The van der Waals surface area contributed by atoms with Gasteiger partial charge in [0.1, 0.15) is 6.54 Å². The number of pyridine rings is 1. The predicted octanol–water partition coefficient (Wildman–Crippen LogP) is 2.62. The van der Waals surface area contributed by atoms with Gasteiger partial charge < -0.3 is 9.88 Å². The molecule has 3 aromatic rings. The number of benzene rings is 2. The molecule has 0 atom stereocenters. The van der Waals surface area contributed by atoms with Crippen molar-refractivity contribution in [1.82, 2.24) is 4.57 Å². The number of rotatable bonds is 6. The van der Waals surface area contributed by atoms with Gasteiger partial charge in [-0.15, -0.1) is 0 Å². The van der Waals surface area contributed by atoms with E-state index >= 15 is 0 Å². The maximum absolute atomic E-state index is 12.9. The van der Waals surface area contributed by atoms with Crippen LogP contribution in [-0.4, -0.2) is 25.9 Å². The zero-order valence-electron chi connectivity index (χ0n) is 16.1. The molecule has 1 aromatic heterocycles. The molecule has 29 heavy (non-hydrogen) atoms. The van der Waals surface area contributed by atoms with Crippen molar-refractivity contribution in [3.63, 3.8) is 0 Å². The van der Waals surface area contributed by atoms with E-state index in [2.05, 4.69) is 5.32 Å². The molecule has 3 rings (SSSR count). The largest absolute Gasteiger partial charge is 0.324 e. The van der Waals surface area contributed by atoms with Crippen LogP contribution in [0.2, 0.25) is 0 Å². The first-order valence-electron chi connectivity index (χ1n) is 8.88. The molecular formula is C21H21N3O4S. The number of hydrogen-bond acceptors (Lipinski definition) is 4. The van der Waals surface area contributed by atoms with E-state index in [4.69, 9.17) is 0 Å². The molecule has 0 unspecified atom stereocenters. The number of para-hydroxylation sites is 1. The van der Waals surface area contributed by atoms with Crippen molar-refractivity contribution < 1.29 is 13.2 Å². The normalized spacial score (nSPS) is 11.1. The maximum Gasteiger partial charge on any atom is 0.264 e. The Labute approximate surface area is 169 Å². The van der Waals surface area contributed by atoms with Crippen molar-refractivity contribution in [3.8, 4) is 0 Å². The van der Waals surface area contributed by atoms with Crippen LogP contribution in [0.5, 0.6) is 0 Å². The number of aryl methyl sites for hydroxylation is 1. The lowest BCUT2D eigenvalue weighted by Crippen LogP contribution is -2.27. The van der Waals surface area contributed by atoms with E-state index in [9.17, 15) is 18.0 Å². The standard InChI is InChI=1S/C21H21N3O4S/c1-16-11-12-24(21(26)13-16)15-20(25)22-17-7-6-10-19(14-17)29(27,28)23(2)18-8-4-3-5-9-18/h3-14H,15H2,1-2H3,(H,22,25). The highest BCUT2D eigenvalue weighted by atomic mass is 32.2. The number of nitrogens with one attached hydrogen (secondary N) is 1. The minimum atomic E-state index is -3.79. The molecule has 0 saturated heterocycles. The van der Waals surface area contributed by atoms with E-state index in [1.165, 1.54) is 34.1 Å². The van der Waals surface area contributed by atoms with Crippen LogP contribution in [0.25, 0.3) is 0 Å². The van der Waals surface area contributed by atoms with Crippen molar-refractivity contribution in [2.24, 2.45) is 0 Å². The molecule has 0 aliphatic rings. The second kappa shape index (κ2) is 8.32. The molecule has 0 radical (unpaired) electrons. The summed E-state index contributed by atoms with van der Waals surface area (Å²) in [5, 5.41) is 2.64. The van der Waals surface area contributed by atoms with E-state index in [0.29, 0.717) is 11.4 Å². The summed E-state index contributed by atoms with van der Waals surface area (Å²) in [6.07, 6.45) is 1.55. The van der Waals surface area contributed by atoms with Crippen LogP contribution in [0.3, 0.4) is 0 Å². The Bertz CT molecular complexity index is 1190. The van der Waals surface area contributed by atoms with Crippen LogP contribution in [-0.2, 0) is 21.4 Å². The number of hydrogen-bond donors (Lipinski definition) is 1. The number of sulfonamides is 1. The number of amides is 1. The maximum atomic E-state index is 12.9. The van der Waals surface area contributed by atoms with Crippen molar-refractivity contribution in [2.45, 2.75) is 18.4 Å². The Morgan fingerprint density at radius 2 is 1.76 bits per heavy atom. The molecule has 150 valence electrons. The second-order valence-corrected chi connectivity index (χ2v) is 8.52. The molecule has 0 aliphatic heterocycles. The molecule has 1 heterocycles. The van der Waals surface area contributed by atoms with Crippen LogP contribution >= 0.6 is 0 Å². The van der Waals surface area contributed by atoms with Gasteiger partial charge in [-0.2, -0.15) is 0 Å². The topological polar surface area (TPSA) is 88.5 Å². The summed E-state index contributed by atoms with van der Waals surface area (Å²) >= 11 is 0. The summed E-state index contributed by atoms with van der Waals surface area (Å²) in [6.45, 7) is 1.63. The summed E-state index contributed by atoms with van der Waals surface area (Å²) in [5.74, 6) is -0.429. The van der Waals surface area contributed by atoms with Gasteiger partial charge in [0.2, 0.25) is 5.91 Å². The van der Waals surface area contributed by atoms with Crippen LogP contribution < -0.4 is 15.2 Å². The van der Waals surface area contributed by atoms with E-state index in [1.54, 1.807) is 61.7 Å². The van der Waals surface area contributed by atoms with Gasteiger partial charge in [-0.05, 0) is 48.9 Å². The number of nitrogens with zero attached hydrogens (tertiary/aromatic N) is 2. The summed E-state index contributed by atoms with van der Waals surface area (Å²) < 4.78 is 28.3. The highest BCUT2D eigenvalue weighted by Crippen LogP contribution is 2.23. The summed E-state index contributed by atoms with van der Waals surface area (Å²) in [5.41, 5.74) is 1.39. The second-order valence-electron chi connectivity index (χ2n) is 6.55. The lowest BCUT2D eigenvalue weighted by atomic mass is 10.3. The van der Waals surface area contributed by atoms with Crippen molar-refractivity contribution in [3.05, 3.63) is 88.8 Å². The lowest BCUT2D eigenvalue weighted by Gasteiger charge is -2.20. The van der Waals surface area contributed by atoms with Crippen LogP contribution in [0.4, 0.5) is 11.4 Å². The molecule has 0 spiro atoms. The Balaban J connectivity index is 1.78. The number of aromatic nitrogens is 1. The predicted molar refractivity (Wildman–Crippen MR) is 113 cm³/mol. The SMILES string of the molecule is Cc1ccn(CC(=O)Nc2cccc(S(=O)(=O)N(C)c3ccccc3)c2)c(=O)c1. The number of carbonyl (C=O) groups is 1. The van der Waals surface area contributed by atoms with E-state index < -0.39 is 15.9 Å². The number of carbonyl (C=O) groups excluding carboxylic acids is 1. The minimum Gasteiger partial charge on any atom is -0.324 e. The van der Waals surface area contributed by atoms with Gasteiger partial charge in [-0.3, -0.25) is 13.9 Å². The third-order valence-corrected chi connectivity index (χ3v) is 6.14. The van der Waals surface area contributed by atoms with E-state index in [0.717, 1.165) is 5.56 Å².